The fourth-order valence-corrected chi connectivity index (χ4v) is 4.07. The lowest BCUT2D eigenvalue weighted by Gasteiger charge is -2.37. The highest BCUT2D eigenvalue weighted by Gasteiger charge is 2.54. The highest BCUT2D eigenvalue weighted by molar-refractivity contribution is 6.07. The van der Waals surface area contributed by atoms with Crippen molar-refractivity contribution in [1.82, 2.24) is 15.1 Å². The van der Waals surface area contributed by atoms with Gasteiger partial charge in [0.25, 0.3) is 5.91 Å². The zero-order valence-electron chi connectivity index (χ0n) is 16.2. The first kappa shape index (κ1) is 19.4. The van der Waals surface area contributed by atoms with Crippen LogP contribution in [0.25, 0.3) is 0 Å². The molecule has 1 saturated heterocycles. The van der Waals surface area contributed by atoms with E-state index in [1.165, 1.54) is 4.90 Å². The molecule has 2 atom stereocenters. The largest absolute Gasteiger partial charge is 0.490 e. The Morgan fingerprint density at radius 2 is 2.07 bits per heavy atom. The molecule has 3 rings (SSSR count). The summed E-state index contributed by atoms with van der Waals surface area (Å²) in [6, 6.07) is 7.55. The molecule has 27 heavy (non-hydrogen) atoms. The van der Waals surface area contributed by atoms with Gasteiger partial charge in [0.2, 0.25) is 0 Å². The maximum absolute atomic E-state index is 13.0. The fraction of sp³-hybridized carbons (Fsp3) is 0.524. The van der Waals surface area contributed by atoms with E-state index in [1.807, 2.05) is 36.2 Å². The number of nitrogens with zero attached hydrogens (tertiary/aromatic N) is 2. The maximum atomic E-state index is 13.0. The number of benzene rings is 1. The van der Waals surface area contributed by atoms with Crippen molar-refractivity contribution in [3.63, 3.8) is 0 Å². The monoisotopic (exact) mass is 371 g/mol. The molecule has 1 aromatic rings. The van der Waals surface area contributed by atoms with Gasteiger partial charge in [-0.15, -0.1) is 0 Å². The molecule has 146 valence electrons. The Hall–Kier alpha value is -2.34. The number of hydrogen-bond donors (Lipinski definition) is 1. The van der Waals surface area contributed by atoms with E-state index in [-0.39, 0.29) is 24.5 Å². The molecule has 1 spiro atoms. The fourth-order valence-electron chi connectivity index (χ4n) is 4.07. The van der Waals surface area contributed by atoms with Crippen LogP contribution in [-0.4, -0.2) is 47.6 Å². The molecule has 1 aromatic carbocycles. The van der Waals surface area contributed by atoms with Gasteiger partial charge in [0.15, 0.2) is 0 Å². The van der Waals surface area contributed by atoms with Crippen molar-refractivity contribution in [3.05, 3.63) is 42.5 Å². The zero-order chi connectivity index (χ0) is 19.4. The Morgan fingerprint density at radius 3 is 2.74 bits per heavy atom. The third kappa shape index (κ3) is 4.00. The summed E-state index contributed by atoms with van der Waals surface area (Å²) < 4.78 is 5.49. The molecule has 3 amide bonds. The van der Waals surface area contributed by atoms with Crippen LogP contribution in [0, 0.1) is 5.92 Å². The molecule has 0 bridgehead atoms. The number of nitrogens with one attached hydrogen (secondary N) is 1. The van der Waals surface area contributed by atoms with Crippen molar-refractivity contribution in [1.29, 1.82) is 0 Å². The molecule has 2 fully saturated rings. The minimum atomic E-state index is -0.694. The number of urea groups is 1. The maximum Gasteiger partial charge on any atom is 0.326 e. The van der Waals surface area contributed by atoms with Gasteiger partial charge in [0.1, 0.15) is 17.9 Å². The lowest BCUT2D eigenvalue weighted by Crippen LogP contribution is -2.54. The van der Waals surface area contributed by atoms with E-state index in [0.29, 0.717) is 13.2 Å². The Balaban J connectivity index is 1.60. The summed E-state index contributed by atoms with van der Waals surface area (Å²) in [6.07, 6.45) is 5.54. The molecule has 1 aliphatic carbocycles. The van der Waals surface area contributed by atoms with Gasteiger partial charge in [0, 0.05) is 6.54 Å². The molecule has 0 radical (unpaired) electrons. The predicted molar refractivity (Wildman–Crippen MR) is 104 cm³/mol. The number of amides is 3. The van der Waals surface area contributed by atoms with Gasteiger partial charge in [-0.25, -0.2) is 9.69 Å². The minimum Gasteiger partial charge on any atom is -0.490 e. The van der Waals surface area contributed by atoms with Crippen LogP contribution in [0.5, 0.6) is 5.75 Å². The van der Waals surface area contributed by atoms with Gasteiger partial charge >= 0.3 is 6.03 Å². The zero-order valence-corrected chi connectivity index (χ0v) is 16.2. The SMILES string of the molecule is C=CCOc1ccc(CN(C)CN2C(=O)N[C@]3(CCCC[C@H]3C)C2=O)cc1. The van der Waals surface area contributed by atoms with E-state index in [4.69, 9.17) is 4.74 Å². The van der Waals surface area contributed by atoms with Gasteiger partial charge in [-0.3, -0.25) is 9.69 Å². The Labute approximate surface area is 161 Å². The summed E-state index contributed by atoms with van der Waals surface area (Å²) >= 11 is 0. The second-order valence-corrected chi connectivity index (χ2v) is 7.68. The Kier molecular flexibility index (Phi) is 5.85. The number of imide groups is 1. The number of rotatable bonds is 7. The summed E-state index contributed by atoms with van der Waals surface area (Å²) in [5.74, 6) is 0.907. The van der Waals surface area contributed by atoms with E-state index in [9.17, 15) is 9.59 Å². The molecule has 1 aliphatic heterocycles. The highest BCUT2D eigenvalue weighted by Crippen LogP contribution is 2.38. The van der Waals surface area contributed by atoms with Crippen LogP contribution >= 0.6 is 0 Å². The summed E-state index contributed by atoms with van der Waals surface area (Å²) in [7, 11) is 1.91. The van der Waals surface area contributed by atoms with Crippen LogP contribution in [-0.2, 0) is 11.3 Å². The molecule has 2 aliphatic rings. The third-order valence-electron chi connectivity index (χ3n) is 5.63. The first-order chi connectivity index (χ1) is 13.0. The average Bonchev–Trinajstić information content (AvgIpc) is 2.88. The van der Waals surface area contributed by atoms with Crippen LogP contribution in [0.4, 0.5) is 4.79 Å². The van der Waals surface area contributed by atoms with Gasteiger partial charge in [-0.2, -0.15) is 0 Å². The van der Waals surface area contributed by atoms with E-state index in [1.54, 1.807) is 6.08 Å². The molecule has 6 heteroatoms. The molecule has 6 nitrogen and oxygen atoms in total. The lowest BCUT2D eigenvalue weighted by molar-refractivity contribution is -0.135. The van der Waals surface area contributed by atoms with Gasteiger partial charge < -0.3 is 10.1 Å². The predicted octanol–water partition coefficient (Wildman–Crippen LogP) is 3.14. The van der Waals surface area contributed by atoms with Gasteiger partial charge in [-0.05, 0) is 43.5 Å². The molecule has 0 aromatic heterocycles. The van der Waals surface area contributed by atoms with Crippen LogP contribution < -0.4 is 10.1 Å². The quantitative estimate of drug-likeness (QED) is 0.591. The van der Waals surface area contributed by atoms with Crippen molar-refractivity contribution in [2.45, 2.75) is 44.7 Å². The smallest absolute Gasteiger partial charge is 0.326 e. The number of carbonyl (C=O) groups excluding carboxylic acids is 2. The molecule has 1 saturated carbocycles. The van der Waals surface area contributed by atoms with E-state index < -0.39 is 5.54 Å². The summed E-state index contributed by atoms with van der Waals surface area (Å²) in [5.41, 5.74) is 0.400. The van der Waals surface area contributed by atoms with Crippen molar-refractivity contribution in [2.24, 2.45) is 5.92 Å². The van der Waals surface area contributed by atoms with Crippen LogP contribution in [0.15, 0.2) is 36.9 Å². The van der Waals surface area contributed by atoms with Gasteiger partial charge in [0.05, 0.1) is 6.67 Å². The van der Waals surface area contributed by atoms with Crippen molar-refractivity contribution in [3.8, 4) is 5.75 Å². The molecular weight excluding hydrogens is 342 g/mol. The third-order valence-corrected chi connectivity index (χ3v) is 5.63. The minimum absolute atomic E-state index is 0.0697. The molecular formula is C21H29N3O3. The second-order valence-electron chi connectivity index (χ2n) is 7.68. The first-order valence-electron chi connectivity index (χ1n) is 9.61. The lowest BCUT2D eigenvalue weighted by atomic mass is 9.73. The van der Waals surface area contributed by atoms with Crippen molar-refractivity contribution in [2.75, 3.05) is 20.3 Å². The normalized spacial score (nSPS) is 25.1. The molecule has 1 heterocycles. The summed E-state index contributed by atoms with van der Waals surface area (Å²) in [4.78, 5) is 28.8. The van der Waals surface area contributed by atoms with Crippen LogP contribution in [0.1, 0.15) is 38.2 Å². The van der Waals surface area contributed by atoms with Gasteiger partial charge in [-0.1, -0.05) is 44.6 Å². The first-order valence-corrected chi connectivity index (χ1v) is 9.61. The van der Waals surface area contributed by atoms with E-state index >= 15 is 0 Å². The standard InChI is InChI=1S/C21H29N3O3/c1-4-13-27-18-10-8-17(9-11-18)14-23(3)15-24-19(25)21(22-20(24)26)12-6-5-7-16(21)2/h4,8-11,16H,1,5-7,12-15H2,2-3H3,(H,22,26)/t16-,21+/m1/s1. The van der Waals surface area contributed by atoms with Crippen LogP contribution in [0.3, 0.4) is 0 Å². The van der Waals surface area contributed by atoms with Crippen molar-refractivity contribution < 1.29 is 14.3 Å². The molecule has 0 unspecified atom stereocenters. The number of carbonyl (C=O) groups is 2. The van der Waals surface area contributed by atoms with E-state index in [0.717, 1.165) is 37.0 Å². The van der Waals surface area contributed by atoms with Crippen LogP contribution in [0.2, 0.25) is 0 Å². The topological polar surface area (TPSA) is 61.9 Å². The molecule has 1 N–H and O–H groups in total. The average molecular weight is 371 g/mol. The Morgan fingerprint density at radius 1 is 1.33 bits per heavy atom. The van der Waals surface area contributed by atoms with Crippen molar-refractivity contribution >= 4 is 11.9 Å². The van der Waals surface area contributed by atoms with E-state index in [2.05, 4.69) is 18.8 Å². The Bertz CT molecular complexity index is 703. The summed E-state index contributed by atoms with van der Waals surface area (Å²) in [6.45, 7) is 7.11. The number of ether oxygens (including phenoxy) is 1. The summed E-state index contributed by atoms with van der Waals surface area (Å²) in [5, 5.41) is 3.00. The number of hydrogen-bond acceptors (Lipinski definition) is 4. The second kappa shape index (κ2) is 8.13. The highest BCUT2D eigenvalue weighted by atomic mass is 16.5.